The number of fused-ring (bicyclic) bond motifs is 1. The van der Waals surface area contributed by atoms with Gasteiger partial charge in [0.2, 0.25) is 21.8 Å². The van der Waals surface area contributed by atoms with E-state index in [9.17, 15) is 18.0 Å². The molecule has 0 unspecified atom stereocenters. The van der Waals surface area contributed by atoms with Gasteiger partial charge in [-0.2, -0.15) is 4.72 Å². The molecule has 11 heteroatoms. The summed E-state index contributed by atoms with van der Waals surface area (Å²) in [4.78, 5) is 38.9. The highest BCUT2D eigenvalue weighted by molar-refractivity contribution is 7.89. The molecule has 40 heavy (non-hydrogen) atoms. The monoisotopic (exact) mass is 563 g/mol. The van der Waals surface area contributed by atoms with Crippen LogP contribution >= 0.6 is 0 Å². The van der Waals surface area contributed by atoms with E-state index in [0.717, 1.165) is 0 Å². The lowest BCUT2D eigenvalue weighted by molar-refractivity contribution is -0.139. The third-order valence-electron chi connectivity index (χ3n) is 6.23. The van der Waals surface area contributed by atoms with Crippen LogP contribution in [0.3, 0.4) is 0 Å². The summed E-state index contributed by atoms with van der Waals surface area (Å²) in [6, 6.07) is 15.6. The van der Waals surface area contributed by atoms with E-state index in [1.54, 1.807) is 55.8 Å². The number of carbonyl (C=O) groups excluding carboxylic acids is 2. The fourth-order valence-electron chi connectivity index (χ4n) is 4.36. The third kappa shape index (κ3) is 7.51. The number of nitrogens with zero attached hydrogens (tertiary/aromatic N) is 4. The van der Waals surface area contributed by atoms with E-state index in [1.807, 2.05) is 26.0 Å². The zero-order chi connectivity index (χ0) is 28.7. The van der Waals surface area contributed by atoms with Crippen LogP contribution in [0.1, 0.15) is 31.7 Å². The number of pyridine rings is 2. The van der Waals surface area contributed by atoms with E-state index in [0.29, 0.717) is 28.9 Å². The first-order valence-corrected chi connectivity index (χ1v) is 14.4. The molecule has 0 spiro atoms. The topological polar surface area (TPSA) is 126 Å². The van der Waals surface area contributed by atoms with Gasteiger partial charge in [0.1, 0.15) is 11.6 Å². The van der Waals surface area contributed by atoms with Gasteiger partial charge in [0.05, 0.1) is 42.1 Å². The smallest absolute Gasteiger partial charge is 0.241 e. The van der Waals surface area contributed by atoms with Gasteiger partial charge < -0.3 is 14.2 Å². The molecule has 210 valence electrons. The molecule has 0 aliphatic rings. The van der Waals surface area contributed by atoms with Crippen molar-refractivity contribution in [3.8, 4) is 0 Å². The molecular formula is C29H33N5O5S. The van der Waals surface area contributed by atoms with Crippen molar-refractivity contribution in [3.05, 3.63) is 90.7 Å². The van der Waals surface area contributed by atoms with E-state index >= 15 is 0 Å². The van der Waals surface area contributed by atoms with Crippen LogP contribution in [0, 0.1) is 5.92 Å². The average Bonchev–Trinajstić information content (AvgIpc) is 3.41. The second kappa shape index (κ2) is 12.8. The molecule has 4 rings (SSSR count). The first-order chi connectivity index (χ1) is 19.1. The molecule has 3 aromatic heterocycles. The number of rotatable bonds is 12. The Morgan fingerprint density at radius 1 is 0.950 bits per heavy atom. The number of nitrogens with one attached hydrogen (secondary N) is 1. The van der Waals surface area contributed by atoms with E-state index in [-0.39, 0.29) is 30.3 Å². The largest absolute Gasteiger partial charge is 0.464 e. The summed E-state index contributed by atoms with van der Waals surface area (Å²) in [6.07, 6.45) is 4.36. The number of carbonyl (C=O) groups is 2. The molecule has 0 aliphatic heterocycles. The Bertz CT molecular complexity index is 1500. The van der Waals surface area contributed by atoms with Crippen molar-refractivity contribution < 1.29 is 22.4 Å². The second-order valence-corrected chi connectivity index (χ2v) is 11.7. The number of amides is 2. The Balaban J connectivity index is 1.62. The van der Waals surface area contributed by atoms with Crippen molar-refractivity contribution in [2.24, 2.45) is 5.92 Å². The molecule has 2 amide bonds. The number of sulfonamides is 1. The van der Waals surface area contributed by atoms with E-state index in [4.69, 9.17) is 4.42 Å². The highest BCUT2D eigenvalue weighted by Gasteiger charge is 2.32. The molecule has 3 heterocycles. The second-order valence-electron chi connectivity index (χ2n) is 10.0. The van der Waals surface area contributed by atoms with Gasteiger partial charge in [-0.3, -0.25) is 19.6 Å². The number of likely N-dealkylation sites (N-methyl/N-ethyl adjacent to an activating group) is 1. The van der Waals surface area contributed by atoms with Gasteiger partial charge >= 0.3 is 0 Å². The van der Waals surface area contributed by atoms with Gasteiger partial charge in [0.15, 0.2) is 0 Å². The van der Waals surface area contributed by atoms with Crippen molar-refractivity contribution in [1.29, 1.82) is 0 Å². The van der Waals surface area contributed by atoms with E-state index in [1.165, 1.54) is 28.2 Å². The molecule has 0 bridgehead atoms. The fourth-order valence-corrected chi connectivity index (χ4v) is 5.58. The van der Waals surface area contributed by atoms with Crippen LogP contribution < -0.4 is 4.72 Å². The van der Waals surface area contributed by atoms with Gasteiger partial charge in [0, 0.05) is 31.4 Å². The van der Waals surface area contributed by atoms with Crippen LogP contribution in [0.25, 0.3) is 11.0 Å². The van der Waals surface area contributed by atoms with Gasteiger partial charge in [-0.15, -0.1) is 0 Å². The van der Waals surface area contributed by atoms with Crippen LogP contribution in [0.15, 0.2) is 88.6 Å². The minimum absolute atomic E-state index is 0.0306. The maximum Gasteiger partial charge on any atom is 0.241 e. The number of aromatic nitrogens is 2. The lowest BCUT2D eigenvalue weighted by Gasteiger charge is -2.28. The quantitative estimate of drug-likeness (QED) is 0.279. The van der Waals surface area contributed by atoms with Crippen LogP contribution in [0.5, 0.6) is 0 Å². The minimum atomic E-state index is -4.16. The molecule has 10 nitrogen and oxygen atoms in total. The summed E-state index contributed by atoms with van der Waals surface area (Å²) in [5.41, 5.74) is 1.85. The maximum atomic E-state index is 13.7. The molecular weight excluding hydrogens is 530 g/mol. The zero-order valence-corrected chi connectivity index (χ0v) is 23.5. The summed E-state index contributed by atoms with van der Waals surface area (Å²) in [6.45, 7) is 4.65. The Kier molecular flexibility index (Phi) is 9.28. The van der Waals surface area contributed by atoms with Gasteiger partial charge in [-0.1, -0.05) is 26.0 Å². The molecule has 0 aliphatic carbocycles. The van der Waals surface area contributed by atoms with Crippen molar-refractivity contribution in [1.82, 2.24) is 24.5 Å². The first kappa shape index (κ1) is 28.9. The summed E-state index contributed by atoms with van der Waals surface area (Å²) in [5.74, 6) is -0.763. The summed E-state index contributed by atoms with van der Waals surface area (Å²) in [7, 11) is -2.56. The minimum Gasteiger partial charge on any atom is -0.464 e. The SMILES string of the molecule is CC(C)CN(C)C(=O)[C@H](CC(=O)N(Cc1ccccn1)Cc1ccccn1)NS(=O)(=O)c1ccc2occc2c1. The molecule has 0 saturated heterocycles. The zero-order valence-electron chi connectivity index (χ0n) is 22.7. The Morgan fingerprint density at radius 3 is 2.17 bits per heavy atom. The van der Waals surface area contributed by atoms with Crippen LogP contribution in [-0.2, 0) is 32.7 Å². The van der Waals surface area contributed by atoms with Crippen LogP contribution in [-0.4, -0.2) is 59.6 Å². The summed E-state index contributed by atoms with van der Waals surface area (Å²) in [5, 5.41) is 0.607. The van der Waals surface area contributed by atoms with Crippen molar-refractivity contribution >= 4 is 32.8 Å². The normalized spacial score (nSPS) is 12.4. The van der Waals surface area contributed by atoms with Crippen molar-refractivity contribution in [3.63, 3.8) is 0 Å². The standard InChI is InChI=1S/C29H33N5O5S/c1-21(2)18-33(3)29(36)26(32-40(37,38)25-10-11-27-22(16-25)12-15-39-27)17-28(35)34(19-23-8-4-6-13-30-23)20-24-9-5-7-14-31-24/h4-16,21,26,32H,17-20H2,1-3H3/t26-/m0/s1. The Morgan fingerprint density at radius 2 is 1.60 bits per heavy atom. The highest BCUT2D eigenvalue weighted by atomic mass is 32.2. The Hall–Kier alpha value is -4.09. The fraction of sp³-hybridized carbons (Fsp3) is 0.310. The third-order valence-corrected chi connectivity index (χ3v) is 7.70. The summed E-state index contributed by atoms with van der Waals surface area (Å²) < 4.78 is 34.7. The maximum absolute atomic E-state index is 13.7. The average molecular weight is 564 g/mol. The van der Waals surface area contributed by atoms with Crippen molar-refractivity contribution in [2.75, 3.05) is 13.6 Å². The number of hydrogen-bond donors (Lipinski definition) is 1. The van der Waals surface area contributed by atoms with Gasteiger partial charge in [0.25, 0.3) is 0 Å². The molecule has 0 saturated carbocycles. The van der Waals surface area contributed by atoms with Crippen LogP contribution in [0.2, 0.25) is 0 Å². The van der Waals surface area contributed by atoms with Crippen molar-refractivity contribution in [2.45, 2.75) is 44.3 Å². The van der Waals surface area contributed by atoms with Gasteiger partial charge in [-0.25, -0.2) is 8.42 Å². The number of furan rings is 1. The van der Waals surface area contributed by atoms with E-state index in [2.05, 4.69) is 14.7 Å². The molecule has 1 N–H and O–H groups in total. The molecule has 0 radical (unpaired) electrons. The van der Waals surface area contributed by atoms with Crippen LogP contribution in [0.4, 0.5) is 0 Å². The lowest BCUT2D eigenvalue weighted by Crippen LogP contribution is -2.50. The molecule has 1 atom stereocenters. The number of benzene rings is 1. The van der Waals surface area contributed by atoms with E-state index < -0.39 is 27.9 Å². The number of hydrogen-bond acceptors (Lipinski definition) is 7. The lowest BCUT2D eigenvalue weighted by atomic mass is 10.1. The highest BCUT2D eigenvalue weighted by Crippen LogP contribution is 2.21. The predicted molar refractivity (Wildman–Crippen MR) is 150 cm³/mol. The van der Waals surface area contributed by atoms with Gasteiger partial charge in [-0.05, 0) is 54.4 Å². The molecule has 1 aromatic carbocycles. The Labute approximate surface area is 234 Å². The predicted octanol–water partition coefficient (Wildman–Crippen LogP) is 3.60. The molecule has 4 aromatic rings. The molecule has 0 fully saturated rings. The first-order valence-electron chi connectivity index (χ1n) is 12.9. The summed E-state index contributed by atoms with van der Waals surface area (Å²) >= 11 is 0.